The molecule has 3 heterocycles. The molecule has 1 aromatic carbocycles. The summed E-state index contributed by atoms with van der Waals surface area (Å²) in [5, 5.41) is 3.42. The van der Waals surface area contributed by atoms with E-state index in [2.05, 4.69) is 35.0 Å². The van der Waals surface area contributed by atoms with Gasteiger partial charge in [0, 0.05) is 42.0 Å². The SMILES string of the molecule is COc1cccc(-c2cc3cc(C(=O)OC(C)C)c(C)c(C(C)C4CNCCO4)n3c2)c1. The fraction of sp³-hybridized carbons (Fsp3) is 0.423. The first-order chi connectivity index (χ1) is 15.4. The summed E-state index contributed by atoms with van der Waals surface area (Å²) in [6.07, 6.45) is 1.99. The van der Waals surface area contributed by atoms with E-state index in [1.54, 1.807) is 7.11 Å². The highest BCUT2D eigenvalue weighted by atomic mass is 16.5. The Kier molecular flexibility index (Phi) is 6.53. The molecule has 1 saturated heterocycles. The van der Waals surface area contributed by atoms with E-state index in [0.29, 0.717) is 12.2 Å². The maximum Gasteiger partial charge on any atom is 0.338 e. The van der Waals surface area contributed by atoms with Gasteiger partial charge in [-0.2, -0.15) is 0 Å². The molecular weight excluding hydrogens is 404 g/mol. The third-order valence-corrected chi connectivity index (χ3v) is 6.10. The van der Waals surface area contributed by atoms with Crippen molar-refractivity contribution in [3.05, 3.63) is 59.4 Å². The number of morpholine rings is 1. The fourth-order valence-corrected chi connectivity index (χ4v) is 4.47. The van der Waals surface area contributed by atoms with Crippen molar-refractivity contribution in [1.29, 1.82) is 0 Å². The highest BCUT2D eigenvalue weighted by Crippen LogP contribution is 2.33. The number of hydrogen-bond acceptors (Lipinski definition) is 5. The van der Waals surface area contributed by atoms with Gasteiger partial charge in [0.1, 0.15) is 5.75 Å². The maximum absolute atomic E-state index is 12.9. The molecular formula is C26H32N2O4. The van der Waals surface area contributed by atoms with Gasteiger partial charge in [-0.05, 0) is 56.2 Å². The van der Waals surface area contributed by atoms with Gasteiger partial charge in [0.25, 0.3) is 0 Å². The van der Waals surface area contributed by atoms with Gasteiger partial charge in [-0.25, -0.2) is 4.79 Å². The molecule has 0 spiro atoms. The van der Waals surface area contributed by atoms with E-state index >= 15 is 0 Å². The van der Waals surface area contributed by atoms with Gasteiger partial charge >= 0.3 is 5.97 Å². The Labute approximate surface area is 189 Å². The van der Waals surface area contributed by atoms with Crippen LogP contribution in [0.4, 0.5) is 0 Å². The molecule has 0 saturated carbocycles. The number of carbonyl (C=O) groups excluding carboxylic acids is 1. The van der Waals surface area contributed by atoms with Gasteiger partial charge in [-0.3, -0.25) is 0 Å². The number of methoxy groups -OCH3 is 1. The Morgan fingerprint density at radius 1 is 1.19 bits per heavy atom. The van der Waals surface area contributed by atoms with Gasteiger partial charge in [-0.1, -0.05) is 19.1 Å². The Morgan fingerprint density at radius 3 is 2.69 bits per heavy atom. The number of ether oxygens (including phenoxy) is 3. The molecule has 3 aromatic rings. The lowest BCUT2D eigenvalue weighted by molar-refractivity contribution is 0.0134. The average Bonchev–Trinajstić information content (AvgIpc) is 3.22. The molecule has 2 unspecified atom stereocenters. The molecule has 32 heavy (non-hydrogen) atoms. The summed E-state index contributed by atoms with van der Waals surface area (Å²) in [6.45, 7) is 10.2. The summed E-state index contributed by atoms with van der Waals surface area (Å²) in [4.78, 5) is 12.9. The van der Waals surface area contributed by atoms with E-state index in [-0.39, 0.29) is 24.1 Å². The number of benzene rings is 1. The molecule has 6 nitrogen and oxygen atoms in total. The number of nitrogens with one attached hydrogen (secondary N) is 1. The second kappa shape index (κ2) is 9.35. The van der Waals surface area contributed by atoms with Gasteiger partial charge in [-0.15, -0.1) is 0 Å². The average molecular weight is 437 g/mol. The monoisotopic (exact) mass is 436 g/mol. The molecule has 170 valence electrons. The Hall–Kier alpha value is -2.83. The normalized spacial score (nSPS) is 17.5. The molecule has 1 aliphatic heterocycles. The van der Waals surface area contributed by atoms with Gasteiger partial charge in [0.2, 0.25) is 0 Å². The second-order valence-electron chi connectivity index (χ2n) is 8.68. The number of carbonyl (C=O) groups is 1. The van der Waals surface area contributed by atoms with Crippen LogP contribution in [-0.4, -0.2) is 49.4 Å². The summed E-state index contributed by atoms with van der Waals surface area (Å²) in [7, 11) is 1.67. The molecule has 4 rings (SSSR count). The number of fused-ring (bicyclic) bond motifs is 1. The molecule has 0 radical (unpaired) electrons. The Morgan fingerprint density at radius 2 is 2.00 bits per heavy atom. The summed E-state index contributed by atoms with van der Waals surface area (Å²) >= 11 is 0. The van der Waals surface area contributed by atoms with Gasteiger partial charge in [0.15, 0.2) is 0 Å². The zero-order valence-electron chi connectivity index (χ0n) is 19.5. The molecule has 6 heteroatoms. The summed E-state index contributed by atoms with van der Waals surface area (Å²) in [5.74, 6) is 0.605. The standard InChI is InChI=1S/C26H32N2O4/c1-16(2)32-26(29)23-13-21-11-20(19-7-6-8-22(12-19)30-5)15-28(21)25(17(23)3)18(4)24-14-27-9-10-31-24/h6-8,11-13,15-16,18,24,27H,9-10,14H2,1-5H3. The van der Waals surface area contributed by atoms with Crippen molar-refractivity contribution in [3.8, 4) is 16.9 Å². The fourth-order valence-electron chi connectivity index (χ4n) is 4.47. The van der Waals surface area contributed by atoms with Crippen molar-refractivity contribution in [2.75, 3.05) is 26.8 Å². The first-order valence-electron chi connectivity index (χ1n) is 11.2. The number of pyridine rings is 1. The number of rotatable bonds is 6. The summed E-state index contributed by atoms with van der Waals surface area (Å²) in [5.41, 5.74) is 5.68. The Balaban J connectivity index is 1.87. The molecule has 1 N–H and O–H groups in total. The molecule has 2 aromatic heterocycles. The van der Waals surface area contributed by atoms with Crippen molar-refractivity contribution < 1.29 is 19.0 Å². The van der Waals surface area contributed by atoms with Crippen LogP contribution in [0.25, 0.3) is 16.6 Å². The number of esters is 1. The van der Waals surface area contributed by atoms with Crippen LogP contribution in [0.15, 0.2) is 42.6 Å². The smallest absolute Gasteiger partial charge is 0.338 e. The predicted molar refractivity (Wildman–Crippen MR) is 126 cm³/mol. The predicted octanol–water partition coefficient (Wildman–Crippen LogP) is 4.58. The van der Waals surface area contributed by atoms with Crippen LogP contribution >= 0.6 is 0 Å². The van der Waals surface area contributed by atoms with Crippen LogP contribution in [0.2, 0.25) is 0 Å². The van der Waals surface area contributed by atoms with Crippen molar-refractivity contribution >= 4 is 11.5 Å². The molecule has 0 amide bonds. The van der Waals surface area contributed by atoms with Crippen LogP contribution in [-0.2, 0) is 9.47 Å². The van der Waals surface area contributed by atoms with Crippen LogP contribution in [0, 0.1) is 6.92 Å². The lowest BCUT2D eigenvalue weighted by Crippen LogP contribution is -2.41. The lowest BCUT2D eigenvalue weighted by atomic mass is 9.93. The van der Waals surface area contributed by atoms with Gasteiger partial charge in [0.05, 0.1) is 31.5 Å². The number of hydrogen-bond donors (Lipinski definition) is 1. The number of aromatic nitrogens is 1. The molecule has 1 aliphatic rings. The van der Waals surface area contributed by atoms with Crippen molar-refractivity contribution in [1.82, 2.24) is 9.72 Å². The quantitative estimate of drug-likeness (QED) is 0.573. The first kappa shape index (κ1) is 22.4. The first-order valence-corrected chi connectivity index (χ1v) is 11.2. The van der Waals surface area contributed by atoms with E-state index in [1.807, 2.05) is 45.0 Å². The largest absolute Gasteiger partial charge is 0.497 e. The van der Waals surface area contributed by atoms with E-state index in [1.165, 1.54) is 0 Å². The highest BCUT2D eigenvalue weighted by molar-refractivity contribution is 5.93. The summed E-state index contributed by atoms with van der Waals surface area (Å²) in [6, 6.07) is 12.0. The minimum atomic E-state index is -0.291. The van der Waals surface area contributed by atoms with E-state index < -0.39 is 0 Å². The molecule has 1 fully saturated rings. The van der Waals surface area contributed by atoms with Crippen molar-refractivity contribution in [2.45, 2.75) is 45.8 Å². The lowest BCUT2D eigenvalue weighted by Gasteiger charge is -2.31. The molecule has 0 aliphatic carbocycles. The molecule has 0 bridgehead atoms. The number of nitrogens with zero attached hydrogens (tertiary/aromatic N) is 1. The van der Waals surface area contributed by atoms with E-state index in [4.69, 9.17) is 14.2 Å². The zero-order chi connectivity index (χ0) is 22.8. The zero-order valence-corrected chi connectivity index (χ0v) is 19.5. The van der Waals surface area contributed by atoms with Crippen molar-refractivity contribution in [3.63, 3.8) is 0 Å². The maximum atomic E-state index is 12.9. The van der Waals surface area contributed by atoms with E-state index in [0.717, 1.165) is 46.7 Å². The Bertz CT molecular complexity index is 1110. The minimum Gasteiger partial charge on any atom is -0.497 e. The molecule has 2 atom stereocenters. The van der Waals surface area contributed by atoms with Crippen LogP contribution < -0.4 is 10.1 Å². The third-order valence-electron chi connectivity index (χ3n) is 6.10. The third kappa shape index (κ3) is 4.38. The van der Waals surface area contributed by atoms with Crippen LogP contribution in [0.3, 0.4) is 0 Å². The highest BCUT2D eigenvalue weighted by Gasteiger charge is 2.28. The second-order valence-corrected chi connectivity index (χ2v) is 8.68. The van der Waals surface area contributed by atoms with Gasteiger partial charge < -0.3 is 23.9 Å². The van der Waals surface area contributed by atoms with Crippen LogP contribution in [0.1, 0.15) is 48.3 Å². The van der Waals surface area contributed by atoms with E-state index in [9.17, 15) is 4.79 Å². The topological polar surface area (TPSA) is 61.2 Å². The van der Waals surface area contributed by atoms with Crippen LogP contribution in [0.5, 0.6) is 5.75 Å². The minimum absolute atomic E-state index is 0.0321. The van der Waals surface area contributed by atoms with Crippen molar-refractivity contribution in [2.24, 2.45) is 0 Å². The summed E-state index contributed by atoms with van der Waals surface area (Å²) < 4.78 is 19.2.